The predicted octanol–water partition coefficient (Wildman–Crippen LogP) is 4.55. The SMILES string of the molecule is Cc1cccc(C)c1CC(Cc1cccc(Br)c1)C(=O)O. The molecule has 3 heteroatoms. The minimum Gasteiger partial charge on any atom is -0.481 e. The zero-order valence-corrected chi connectivity index (χ0v) is 13.9. The lowest BCUT2D eigenvalue weighted by Crippen LogP contribution is -2.20. The maximum Gasteiger partial charge on any atom is 0.307 e. The van der Waals surface area contributed by atoms with E-state index in [9.17, 15) is 9.90 Å². The van der Waals surface area contributed by atoms with Crippen molar-refractivity contribution < 1.29 is 9.90 Å². The summed E-state index contributed by atoms with van der Waals surface area (Å²) in [5.74, 6) is -1.14. The highest BCUT2D eigenvalue weighted by Gasteiger charge is 2.20. The number of halogens is 1. The fourth-order valence-electron chi connectivity index (χ4n) is 2.61. The Hall–Kier alpha value is -1.61. The summed E-state index contributed by atoms with van der Waals surface area (Å²) >= 11 is 3.43. The third kappa shape index (κ3) is 4.18. The summed E-state index contributed by atoms with van der Waals surface area (Å²) in [6, 6.07) is 14.0. The lowest BCUT2D eigenvalue weighted by molar-refractivity contribution is -0.141. The van der Waals surface area contributed by atoms with Crippen molar-refractivity contribution in [3.05, 3.63) is 69.2 Å². The van der Waals surface area contributed by atoms with Crippen molar-refractivity contribution in [1.82, 2.24) is 0 Å². The Morgan fingerprint density at radius 2 is 1.71 bits per heavy atom. The van der Waals surface area contributed by atoms with E-state index in [-0.39, 0.29) is 0 Å². The number of aliphatic carboxylic acids is 1. The molecule has 0 radical (unpaired) electrons. The van der Waals surface area contributed by atoms with Gasteiger partial charge in [0.25, 0.3) is 0 Å². The Kier molecular flexibility index (Phi) is 5.18. The van der Waals surface area contributed by atoms with Crippen LogP contribution in [0.3, 0.4) is 0 Å². The second kappa shape index (κ2) is 6.90. The average Bonchev–Trinajstić information content (AvgIpc) is 2.41. The molecule has 0 aliphatic heterocycles. The maximum atomic E-state index is 11.6. The van der Waals surface area contributed by atoms with Gasteiger partial charge in [0, 0.05) is 4.47 Å². The molecule has 110 valence electrons. The Balaban J connectivity index is 2.22. The lowest BCUT2D eigenvalue weighted by Gasteiger charge is -2.16. The van der Waals surface area contributed by atoms with E-state index >= 15 is 0 Å². The smallest absolute Gasteiger partial charge is 0.307 e. The highest BCUT2D eigenvalue weighted by molar-refractivity contribution is 9.10. The zero-order valence-electron chi connectivity index (χ0n) is 12.3. The summed E-state index contributed by atoms with van der Waals surface area (Å²) in [4.78, 5) is 11.6. The standard InChI is InChI=1S/C18H19BrO2/c1-12-5-3-6-13(2)17(12)11-15(18(20)21)9-14-7-4-8-16(19)10-14/h3-8,10,15H,9,11H2,1-2H3,(H,20,21). The molecule has 2 aromatic carbocycles. The largest absolute Gasteiger partial charge is 0.481 e. The Bertz CT molecular complexity index is 629. The second-order valence-corrected chi connectivity index (χ2v) is 6.36. The van der Waals surface area contributed by atoms with Crippen LogP contribution in [-0.4, -0.2) is 11.1 Å². The fraction of sp³-hybridized carbons (Fsp3) is 0.278. The fourth-order valence-corrected chi connectivity index (χ4v) is 3.06. The molecule has 1 unspecified atom stereocenters. The van der Waals surface area contributed by atoms with Crippen LogP contribution in [0.1, 0.15) is 22.3 Å². The average molecular weight is 347 g/mol. The van der Waals surface area contributed by atoms with Gasteiger partial charge in [-0.15, -0.1) is 0 Å². The Morgan fingerprint density at radius 1 is 1.10 bits per heavy atom. The first-order valence-electron chi connectivity index (χ1n) is 6.99. The molecule has 0 aromatic heterocycles. The molecule has 0 saturated heterocycles. The van der Waals surface area contributed by atoms with Gasteiger partial charge in [0.2, 0.25) is 0 Å². The molecular formula is C18H19BrO2. The molecule has 2 nitrogen and oxygen atoms in total. The van der Waals surface area contributed by atoms with Crippen LogP contribution in [-0.2, 0) is 17.6 Å². The van der Waals surface area contributed by atoms with Crippen LogP contribution in [0.4, 0.5) is 0 Å². The molecule has 1 N–H and O–H groups in total. The second-order valence-electron chi connectivity index (χ2n) is 5.44. The molecule has 2 aromatic rings. The molecule has 0 aliphatic rings. The molecule has 1 atom stereocenters. The third-order valence-corrected chi connectivity index (χ3v) is 4.31. The highest BCUT2D eigenvalue weighted by atomic mass is 79.9. The summed E-state index contributed by atoms with van der Waals surface area (Å²) in [6.07, 6.45) is 1.11. The molecule has 21 heavy (non-hydrogen) atoms. The van der Waals surface area contributed by atoms with Crippen LogP contribution < -0.4 is 0 Å². The topological polar surface area (TPSA) is 37.3 Å². The summed E-state index contributed by atoms with van der Waals surface area (Å²) in [6.45, 7) is 4.08. The van der Waals surface area contributed by atoms with E-state index in [0.717, 1.165) is 26.7 Å². The number of carbonyl (C=O) groups is 1. The van der Waals surface area contributed by atoms with Crippen LogP contribution in [0.25, 0.3) is 0 Å². The normalized spacial score (nSPS) is 12.1. The number of carboxylic acid groups (broad SMARTS) is 1. The van der Waals surface area contributed by atoms with Crippen molar-refractivity contribution in [2.24, 2.45) is 5.92 Å². The Morgan fingerprint density at radius 3 is 2.29 bits per heavy atom. The zero-order chi connectivity index (χ0) is 15.4. The molecule has 0 amide bonds. The number of aryl methyl sites for hydroxylation is 2. The van der Waals surface area contributed by atoms with E-state index in [4.69, 9.17) is 0 Å². The van der Waals surface area contributed by atoms with Gasteiger partial charge in [-0.2, -0.15) is 0 Å². The minimum atomic E-state index is -0.738. The maximum absolute atomic E-state index is 11.6. The number of benzene rings is 2. The molecule has 0 saturated carbocycles. The van der Waals surface area contributed by atoms with E-state index in [1.165, 1.54) is 0 Å². The van der Waals surface area contributed by atoms with Crippen LogP contribution in [0.2, 0.25) is 0 Å². The molecule has 2 rings (SSSR count). The van der Waals surface area contributed by atoms with E-state index in [1.54, 1.807) is 0 Å². The van der Waals surface area contributed by atoms with E-state index in [1.807, 2.05) is 56.3 Å². The minimum absolute atomic E-state index is 0.404. The summed E-state index contributed by atoms with van der Waals surface area (Å²) in [7, 11) is 0. The lowest BCUT2D eigenvalue weighted by atomic mass is 9.89. The van der Waals surface area contributed by atoms with Crippen LogP contribution in [0, 0.1) is 19.8 Å². The molecule has 0 heterocycles. The number of rotatable bonds is 5. The van der Waals surface area contributed by atoms with Crippen molar-refractivity contribution in [2.45, 2.75) is 26.7 Å². The number of carboxylic acids is 1. The number of hydrogen-bond donors (Lipinski definition) is 1. The van der Waals surface area contributed by atoms with Gasteiger partial charge in [0.1, 0.15) is 0 Å². The van der Waals surface area contributed by atoms with Gasteiger partial charge in [-0.05, 0) is 61.1 Å². The highest BCUT2D eigenvalue weighted by Crippen LogP contribution is 2.22. The van der Waals surface area contributed by atoms with Crippen LogP contribution in [0.15, 0.2) is 46.9 Å². The van der Waals surface area contributed by atoms with E-state index in [0.29, 0.717) is 12.8 Å². The predicted molar refractivity (Wildman–Crippen MR) is 88.6 cm³/mol. The molecule has 0 bridgehead atoms. The van der Waals surface area contributed by atoms with Crippen LogP contribution in [0.5, 0.6) is 0 Å². The van der Waals surface area contributed by atoms with E-state index in [2.05, 4.69) is 15.9 Å². The monoisotopic (exact) mass is 346 g/mol. The first-order valence-corrected chi connectivity index (χ1v) is 7.79. The van der Waals surface area contributed by atoms with Crippen molar-refractivity contribution in [2.75, 3.05) is 0 Å². The first-order chi connectivity index (χ1) is 9.97. The van der Waals surface area contributed by atoms with Crippen molar-refractivity contribution >= 4 is 21.9 Å². The Labute approximate surface area is 134 Å². The van der Waals surface area contributed by atoms with Gasteiger partial charge in [0.05, 0.1) is 5.92 Å². The summed E-state index contributed by atoms with van der Waals surface area (Å²) < 4.78 is 0.983. The van der Waals surface area contributed by atoms with E-state index < -0.39 is 11.9 Å². The van der Waals surface area contributed by atoms with Crippen LogP contribution >= 0.6 is 15.9 Å². The number of hydrogen-bond acceptors (Lipinski definition) is 1. The van der Waals surface area contributed by atoms with Crippen molar-refractivity contribution in [1.29, 1.82) is 0 Å². The van der Waals surface area contributed by atoms with Crippen molar-refractivity contribution in [3.8, 4) is 0 Å². The molecular weight excluding hydrogens is 328 g/mol. The van der Waals surface area contributed by atoms with Gasteiger partial charge in [-0.3, -0.25) is 4.79 Å². The molecule has 0 aliphatic carbocycles. The first kappa shape index (κ1) is 15.8. The molecule has 0 spiro atoms. The summed E-state index contributed by atoms with van der Waals surface area (Å²) in [5.41, 5.74) is 4.52. The third-order valence-electron chi connectivity index (χ3n) is 3.82. The van der Waals surface area contributed by atoms with Gasteiger partial charge in [-0.25, -0.2) is 0 Å². The van der Waals surface area contributed by atoms with Crippen molar-refractivity contribution in [3.63, 3.8) is 0 Å². The van der Waals surface area contributed by atoms with Gasteiger partial charge < -0.3 is 5.11 Å². The quantitative estimate of drug-likeness (QED) is 0.861. The van der Waals surface area contributed by atoms with Gasteiger partial charge in [-0.1, -0.05) is 46.3 Å². The van der Waals surface area contributed by atoms with Gasteiger partial charge in [0.15, 0.2) is 0 Å². The summed E-state index contributed by atoms with van der Waals surface area (Å²) in [5, 5.41) is 9.54. The van der Waals surface area contributed by atoms with Gasteiger partial charge >= 0.3 is 5.97 Å². The molecule has 0 fully saturated rings.